The van der Waals surface area contributed by atoms with Crippen LogP contribution >= 0.6 is 0 Å². The van der Waals surface area contributed by atoms with Crippen LogP contribution in [0, 0.1) is 17.5 Å². The second kappa shape index (κ2) is 7.16. The van der Waals surface area contributed by atoms with E-state index >= 15 is 0 Å². The minimum atomic E-state index is -1.67. The van der Waals surface area contributed by atoms with E-state index in [1.54, 1.807) is 0 Å². The molecule has 0 aliphatic heterocycles. The number of hydrogen-bond acceptors (Lipinski definition) is 3. The number of anilines is 1. The van der Waals surface area contributed by atoms with Crippen LogP contribution in [0.1, 0.15) is 24.2 Å². The minimum Gasteiger partial charge on any atom is -0.481 e. The van der Waals surface area contributed by atoms with Crippen LogP contribution in [0.4, 0.5) is 18.9 Å². The third-order valence-electron chi connectivity index (χ3n) is 3.24. The second-order valence-electron chi connectivity index (χ2n) is 5.05. The van der Waals surface area contributed by atoms with E-state index in [1.807, 2.05) is 0 Å². The molecule has 0 aliphatic carbocycles. The summed E-state index contributed by atoms with van der Waals surface area (Å²) >= 11 is 0. The third kappa shape index (κ3) is 3.92. The number of carbonyl (C=O) groups excluding carboxylic acids is 2. The first-order valence-corrected chi connectivity index (χ1v) is 7.01. The number of ether oxygens (including phenoxy) is 1. The van der Waals surface area contributed by atoms with Gasteiger partial charge in [-0.2, -0.15) is 0 Å². The van der Waals surface area contributed by atoms with Crippen molar-refractivity contribution in [2.24, 2.45) is 0 Å². The molecule has 2 rings (SSSR count). The summed E-state index contributed by atoms with van der Waals surface area (Å²) in [7, 11) is 0. The lowest BCUT2D eigenvalue weighted by molar-refractivity contribution is -0.122. The first kappa shape index (κ1) is 17.5. The number of halogens is 3. The molecule has 24 heavy (non-hydrogen) atoms. The Morgan fingerprint density at radius 3 is 2.21 bits per heavy atom. The lowest BCUT2D eigenvalue weighted by atomic mass is 10.1. The predicted octanol–water partition coefficient (Wildman–Crippen LogP) is 3.71. The Morgan fingerprint density at radius 2 is 1.62 bits per heavy atom. The van der Waals surface area contributed by atoms with Crippen molar-refractivity contribution in [3.63, 3.8) is 0 Å². The Bertz CT molecular complexity index is 775. The lowest BCUT2D eigenvalue weighted by Gasteiger charge is -2.15. The van der Waals surface area contributed by atoms with Crippen LogP contribution in [-0.4, -0.2) is 17.8 Å². The van der Waals surface area contributed by atoms with Gasteiger partial charge in [-0.05, 0) is 50.2 Å². The van der Waals surface area contributed by atoms with E-state index in [4.69, 9.17) is 4.74 Å². The molecule has 0 bridgehead atoms. The van der Waals surface area contributed by atoms with Crippen LogP contribution in [0.5, 0.6) is 5.75 Å². The first-order valence-electron chi connectivity index (χ1n) is 7.01. The van der Waals surface area contributed by atoms with Gasteiger partial charge in [-0.3, -0.25) is 9.59 Å². The van der Waals surface area contributed by atoms with Crippen molar-refractivity contribution < 1.29 is 27.5 Å². The highest BCUT2D eigenvalue weighted by Gasteiger charge is 2.19. The Kier molecular flexibility index (Phi) is 5.23. The maximum absolute atomic E-state index is 13.5. The molecule has 0 aliphatic rings. The van der Waals surface area contributed by atoms with Gasteiger partial charge in [-0.25, -0.2) is 13.2 Å². The van der Waals surface area contributed by atoms with Crippen molar-refractivity contribution in [3.8, 4) is 5.75 Å². The summed E-state index contributed by atoms with van der Waals surface area (Å²) < 4.78 is 44.9. The number of hydrogen-bond donors (Lipinski definition) is 1. The van der Waals surface area contributed by atoms with E-state index in [9.17, 15) is 22.8 Å². The first-order chi connectivity index (χ1) is 11.3. The summed E-state index contributed by atoms with van der Waals surface area (Å²) in [5.41, 5.74) is 0.00425. The number of rotatable bonds is 5. The molecule has 1 atom stereocenters. The van der Waals surface area contributed by atoms with E-state index in [1.165, 1.54) is 38.1 Å². The molecule has 2 aromatic carbocycles. The molecular weight excluding hydrogens is 323 g/mol. The summed E-state index contributed by atoms with van der Waals surface area (Å²) in [5.74, 6) is -5.02. The number of ketones is 1. The average Bonchev–Trinajstić information content (AvgIpc) is 2.55. The molecule has 0 saturated heterocycles. The zero-order valence-corrected chi connectivity index (χ0v) is 12.9. The Balaban J connectivity index is 2.04. The summed E-state index contributed by atoms with van der Waals surface area (Å²) in [6, 6.07) is 7.73. The zero-order chi connectivity index (χ0) is 17.9. The molecule has 0 unspecified atom stereocenters. The van der Waals surface area contributed by atoms with E-state index in [-0.39, 0.29) is 5.78 Å². The van der Waals surface area contributed by atoms with E-state index in [2.05, 4.69) is 5.32 Å². The monoisotopic (exact) mass is 337 g/mol. The summed E-state index contributed by atoms with van der Waals surface area (Å²) in [6.07, 6.45) is -1.03. The number of Topliss-reactive ketones (excluding diaryl/α,β-unsaturated/α-hetero) is 1. The molecule has 0 saturated carbocycles. The Morgan fingerprint density at radius 1 is 1.00 bits per heavy atom. The smallest absolute Gasteiger partial charge is 0.265 e. The minimum absolute atomic E-state index is 0.110. The summed E-state index contributed by atoms with van der Waals surface area (Å²) in [4.78, 5) is 23.1. The highest BCUT2D eigenvalue weighted by molar-refractivity contribution is 5.95. The van der Waals surface area contributed by atoms with Gasteiger partial charge in [0.1, 0.15) is 5.75 Å². The molecule has 2 aromatic rings. The van der Waals surface area contributed by atoms with Crippen molar-refractivity contribution in [1.82, 2.24) is 0 Å². The summed E-state index contributed by atoms with van der Waals surface area (Å²) in [5, 5.41) is 2.13. The van der Waals surface area contributed by atoms with Gasteiger partial charge in [-0.15, -0.1) is 0 Å². The standard InChI is InChI=1S/C17H14F3NO3/c1-9(22)11-3-5-12(6-4-11)24-10(2)17(23)21-14-8-7-13(18)15(19)16(14)20/h3-8,10H,1-2H3,(H,21,23)/t10-/m1/s1. The van der Waals surface area contributed by atoms with Crippen LogP contribution in [0.15, 0.2) is 36.4 Å². The van der Waals surface area contributed by atoms with E-state index in [0.29, 0.717) is 17.4 Å². The van der Waals surface area contributed by atoms with Gasteiger partial charge < -0.3 is 10.1 Å². The van der Waals surface area contributed by atoms with Crippen molar-refractivity contribution >= 4 is 17.4 Å². The lowest BCUT2D eigenvalue weighted by Crippen LogP contribution is -2.30. The molecule has 0 aromatic heterocycles. The third-order valence-corrected chi connectivity index (χ3v) is 3.24. The van der Waals surface area contributed by atoms with Crippen molar-refractivity contribution in [2.75, 3.05) is 5.32 Å². The van der Waals surface area contributed by atoms with E-state index in [0.717, 1.165) is 6.07 Å². The zero-order valence-electron chi connectivity index (χ0n) is 12.9. The SMILES string of the molecule is CC(=O)c1ccc(O[C@H](C)C(=O)Nc2ccc(F)c(F)c2F)cc1. The van der Waals surface area contributed by atoms with E-state index < -0.39 is 35.2 Å². The molecule has 0 radical (unpaired) electrons. The van der Waals surface area contributed by atoms with Crippen LogP contribution in [0.2, 0.25) is 0 Å². The Hall–Kier alpha value is -2.83. The van der Waals surface area contributed by atoms with Gasteiger partial charge in [0.05, 0.1) is 5.69 Å². The fourth-order valence-corrected chi connectivity index (χ4v) is 1.88. The largest absolute Gasteiger partial charge is 0.481 e. The molecule has 1 N–H and O–H groups in total. The van der Waals surface area contributed by atoms with Crippen LogP contribution in [-0.2, 0) is 4.79 Å². The second-order valence-corrected chi connectivity index (χ2v) is 5.05. The van der Waals surface area contributed by atoms with Gasteiger partial charge in [0.2, 0.25) is 0 Å². The summed E-state index contributed by atoms with van der Waals surface area (Å²) in [6.45, 7) is 2.83. The van der Waals surface area contributed by atoms with Crippen molar-refractivity contribution in [3.05, 3.63) is 59.4 Å². The molecule has 126 valence electrons. The molecule has 7 heteroatoms. The molecule has 0 spiro atoms. The molecule has 4 nitrogen and oxygen atoms in total. The van der Waals surface area contributed by atoms with Crippen molar-refractivity contribution in [1.29, 1.82) is 0 Å². The van der Waals surface area contributed by atoms with Gasteiger partial charge in [0, 0.05) is 5.56 Å². The van der Waals surface area contributed by atoms with Crippen LogP contribution in [0.3, 0.4) is 0 Å². The molecule has 0 heterocycles. The topological polar surface area (TPSA) is 55.4 Å². The number of benzene rings is 2. The highest BCUT2D eigenvalue weighted by Crippen LogP contribution is 2.20. The van der Waals surface area contributed by atoms with Crippen LogP contribution in [0.25, 0.3) is 0 Å². The average molecular weight is 337 g/mol. The number of nitrogens with one attached hydrogen (secondary N) is 1. The normalized spacial score (nSPS) is 11.7. The van der Waals surface area contributed by atoms with Crippen molar-refractivity contribution in [2.45, 2.75) is 20.0 Å². The number of carbonyl (C=O) groups is 2. The number of amides is 1. The quantitative estimate of drug-likeness (QED) is 0.668. The van der Waals surface area contributed by atoms with Gasteiger partial charge in [-0.1, -0.05) is 0 Å². The fraction of sp³-hybridized carbons (Fsp3) is 0.176. The van der Waals surface area contributed by atoms with Gasteiger partial charge in [0.15, 0.2) is 29.3 Å². The van der Waals surface area contributed by atoms with Crippen LogP contribution < -0.4 is 10.1 Å². The molecule has 1 amide bonds. The fourth-order valence-electron chi connectivity index (χ4n) is 1.88. The maximum atomic E-state index is 13.5. The van der Waals surface area contributed by atoms with Gasteiger partial charge >= 0.3 is 0 Å². The molecule has 0 fully saturated rings. The van der Waals surface area contributed by atoms with Gasteiger partial charge in [0.25, 0.3) is 5.91 Å². The highest BCUT2D eigenvalue weighted by atomic mass is 19.2. The Labute approximate surface area is 136 Å². The molecular formula is C17H14F3NO3. The predicted molar refractivity (Wildman–Crippen MR) is 81.5 cm³/mol. The maximum Gasteiger partial charge on any atom is 0.265 e.